The highest BCUT2D eigenvalue weighted by molar-refractivity contribution is 5.94. The van der Waals surface area contributed by atoms with E-state index in [4.69, 9.17) is 14.9 Å². The summed E-state index contributed by atoms with van der Waals surface area (Å²) >= 11 is 0. The van der Waals surface area contributed by atoms with E-state index in [2.05, 4.69) is 21.7 Å². The average Bonchev–Trinajstić information content (AvgIpc) is 3.35. The number of nitrogens with one attached hydrogen (secondary N) is 1. The molecule has 1 amide bonds. The molecule has 0 bridgehead atoms. The van der Waals surface area contributed by atoms with Gasteiger partial charge in [0.05, 0.1) is 17.8 Å². The van der Waals surface area contributed by atoms with Crippen molar-refractivity contribution in [3.05, 3.63) is 131 Å². The van der Waals surface area contributed by atoms with Gasteiger partial charge in [-0.1, -0.05) is 66.7 Å². The summed E-state index contributed by atoms with van der Waals surface area (Å²) in [5.41, 5.74) is 8.25. The molecular formula is C32H30N4O3. The molecule has 2 N–H and O–H groups in total. The van der Waals surface area contributed by atoms with Crippen LogP contribution in [-0.2, 0) is 30.8 Å². The van der Waals surface area contributed by atoms with Crippen molar-refractivity contribution < 1.29 is 14.7 Å². The molecule has 0 aliphatic heterocycles. The standard InChI is InChI=1S/C32H30N4O3/c1-23-26(16-18-30(37)35-38)20-28(39-22-25-12-6-3-7-13-25)32-31(23)34-29(17-15-24-10-4-2-5-11-24)36(32)21-27-14-8-9-19-33-27/h2-14,16,18-20,38H,15,17,21-22H2,1H3,(H,35,37)/b18-16+. The fourth-order valence-electron chi connectivity index (χ4n) is 4.60. The number of rotatable bonds is 10. The average molecular weight is 519 g/mol. The van der Waals surface area contributed by atoms with Gasteiger partial charge in [-0.15, -0.1) is 0 Å². The Morgan fingerprint density at radius 2 is 1.69 bits per heavy atom. The van der Waals surface area contributed by atoms with Crippen molar-refractivity contribution in [3.63, 3.8) is 0 Å². The predicted molar refractivity (Wildman–Crippen MR) is 151 cm³/mol. The van der Waals surface area contributed by atoms with Gasteiger partial charge in [0.15, 0.2) is 0 Å². The Hall–Kier alpha value is -4.75. The number of carbonyl (C=O) groups is 1. The number of hydrogen-bond donors (Lipinski definition) is 2. The Morgan fingerprint density at radius 3 is 2.38 bits per heavy atom. The fraction of sp³-hybridized carbons (Fsp3) is 0.156. The molecule has 0 aliphatic carbocycles. The smallest absolute Gasteiger partial charge is 0.267 e. The summed E-state index contributed by atoms with van der Waals surface area (Å²) in [6, 6.07) is 28.2. The van der Waals surface area contributed by atoms with E-state index < -0.39 is 5.91 Å². The van der Waals surface area contributed by atoms with E-state index >= 15 is 0 Å². The van der Waals surface area contributed by atoms with Crippen LogP contribution in [0.4, 0.5) is 0 Å². The summed E-state index contributed by atoms with van der Waals surface area (Å²) in [6.45, 7) is 2.91. The minimum Gasteiger partial charge on any atom is -0.487 e. The second-order valence-corrected chi connectivity index (χ2v) is 9.29. The lowest BCUT2D eigenvalue weighted by atomic mass is 10.1. The number of nitrogens with zero attached hydrogens (tertiary/aromatic N) is 3. The molecule has 5 aromatic rings. The Labute approximate surface area is 227 Å². The van der Waals surface area contributed by atoms with Crippen LogP contribution >= 0.6 is 0 Å². The molecule has 0 aliphatic rings. The maximum absolute atomic E-state index is 11.7. The van der Waals surface area contributed by atoms with Crippen molar-refractivity contribution in [2.75, 3.05) is 0 Å². The lowest BCUT2D eigenvalue weighted by Crippen LogP contribution is -2.14. The second kappa shape index (κ2) is 12.2. The fourth-order valence-corrected chi connectivity index (χ4v) is 4.60. The highest BCUT2D eigenvalue weighted by Crippen LogP contribution is 2.34. The number of carbonyl (C=O) groups excluding carboxylic acids is 1. The van der Waals surface area contributed by atoms with Crippen LogP contribution in [0, 0.1) is 6.92 Å². The molecule has 7 nitrogen and oxygen atoms in total. The number of amides is 1. The van der Waals surface area contributed by atoms with Gasteiger partial charge in [0.25, 0.3) is 5.91 Å². The molecular weight excluding hydrogens is 488 g/mol. The van der Waals surface area contributed by atoms with Crippen molar-refractivity contribution in [2.24, 2.45) is 0 Å². The molecule has 2 aromatic heterocycles. The molecule has 0 atom stereocenters. The van der Waals surface area contributed by atoms with Crippen molar-refractivity contribution >= 4 is 23.0 Å². The zero-order valence-electron chi connectivity index (χ0n) is 21.7. The zero-order valence-corrected chi connectivity index (χ0v) is 21.7. The van der Waals surface area contributed by atoms with Crippen molar-refractivity contribution in [3.8, 4) is 5.75 Å². The summed E-state index contributed by atoms with van der Waals surface area (Å²) in [5.74, 6) is 0.991. The topological polar surface area (TPSA) is 89.3 Å². The lowest BCUT2D eigenvalue weighted by Gasteiger charge is -2.15. The monoisotopic (exact) mass is 518 g/mol. The first kappa shape index (κ1) is 25.9. The first-order valence-corrected chi connectivity index (χ1v) is 12.9. The van der Waals surface area contributed by atoms with Crippen LogP contribution < -0.4 is 10.2 Å². The van der Waals surface area contributed by atoms with Crippen LogP contribution in [0.2, 0.25) is 0 Å². The first-order valence-electron chi connectivity index (χ1n) is 12.9. The predicted octanol–water partition coefficient (Wildman–Crippen LogP) is 5.67. The van der Waals surface area contributed by atoms with Crippen molar-refractivity contribution in [1.29, 1.82) is 0 Å². The van der Waals surface area contributed by atoms with Crippen LogP contribution in [0.5, 0.6) is 5.75 Å². The molecule has 0 fully saturated rings. The van der Waals surface area contributed by atoms with Crippen LogP contribution in [0.1, 0.15) is 33.8 Å². The zero-order chi connectivity index (χ0) is 27.0. The molecule has 0 saturated heterocycles. The quantitative estimate of drug-likeness (QED) is 0.141. The largest absolute Gasteiger partial charge is 0.487 e. The van der Waals surface area contributed by atoms with Gasteiger partial charge in [-0.3, -0.25) is 15.0 Å². The summed E-state index contributed by atoms with van der Waals surface area (Å²) in [4.78, 5) is 21.4. The molecule has 5 rings (SSSR count). The Balaban J connectivity index is 1.63. The SMILES string of the molecule is Cc1c(/C=C/C(=O)NO)cc(OCc2ccccc2)c2c1nc(CCc1ccccc1)n2Cc1ccccn1. The van der Waals surface area contributed by atoms with Crippen molar-refractivity contribution in [1.82, 2.24) is 20.0 Å². The number of ether oxygens (including phenoxy) is 1. The normalized spacial score (nSPS) is 11.2. The van der Waals surface area contributed by atoms with E-state index in [1.54, 1.807) is 17.8 Å². The van der Waals surface area contributed by atoms with Gasteiger partial charge in [0.1, 0.15) is 23.7 Å². The van der Waals surface area contributed by atoms with E-state index in [9.17, 15) is 4.79 Å². The number of hydroxylamine groups is 1. The molecule has 196 valence electrons. The third-order valence-electron chi connectivity index (χ3n) is 6.64. The number of fused-ring (bicyclic) bond motifs is 1. The summed E-state index contributed by atoms with van der Waals surface area (Å²) < 4.78 is 8.62. The number of aryl methyl sites for hydroxylation is 3. The van der Waals surface area contributed by atoms with Gasteiger partial charge in [-0.2, -0.15) is 0 Å². The molecule has 2 heterocycles. The second-order valence-electron chi connectivity index (χ2n) is 9.29. The maximum Gasteiger partial charge on any atom is 0.267 e. The van der Waals surface area contributed by atoms with E-state index in [1.807, 2.05) is 79.7 Å². The van der Waals surface area contributed by atoms with Crippen molar-refractivity contribution in [2.45, 2.75) is 32.9 Å². The van der Waals surface area contributed by atoms with E-state index in [0.29, 0.717) is 18.9 Å². The summed E-state index contributed by atoms with van der Waals surface area (Å²) in [7, 11) is 0. The van der Waals surface area contributed by atoms with Crippen LogP contribution in [0.25, 0.3) is 17.1 Å². The summed E-state index contributed by atoms with van der Waals surface area (Å²) in [6.07, 6.45) is 6.33. The van der Waals surface area contributed by atoms with Crippen LogP contribution in [0.3, 0.4) is 0 Å². The Bertz CT molecular complexity index is 1580. The molecule has 0 spiro atoms. The number of benzene rings is 3. The van der Waals surface area contributed by atoms with Crippen LogP contribution in [0.15, 0.2) is 97.2 Å². The Kier molecular flexibility index (Phi) is 8.09. The number of aromatic nitrogens is 3. The first-order chi connectivity index (χ1) is 19.1. The molecule has 0 saturated carbocycles. The maximum atomic E-state index is 11.7. The van der Waals surface area contributed by atoms with Gasteiger partial charge < -0.3 is 9.30 Å². The minimum absolute atomic E-state index is 0.382. The third kappa shape index (κ3) is 6.22. The molecule has 0 unspecified atom stereocenters. The Morgan fingerprint density at radius 1 is 0.974 bits per heavy atom. The summed E-state index contributed by atoms with van der Waals surface area (Å²) in [5, 5.41) is 8.95. The minimum atomic E-state index is -0.606. The van der Waals surface area contributed by atoms with E-state index in [0.717, 1.165) is 52.1 Å². The number of pyridine rings is 1. The number of hydrogen-bond acceptors (Lipinski definition) is 5. The molecule has 3 aromatic carbocycles. The van der Waals surface area contributed by atoms with E-state index in [1.165, 1.54) is 11.6 Å². The van der Waals surface area contributed by atoms with Gasteiger partial charge >= 0.3 is 0 Å². The van der Waals surface area contributed by atoms with Gasteiger partial charge in [-0.05, 0) is 59.9 Å². The highest BCUT2D eigenvalue weighted by atomic mass is 16.5. The van der Waals surface area contributed by atoms with Gasteiger partial charge in [-0.25, -0.2) is 10.5 Å². The molecule has 39 heavy (non-hydrogen) atoms. The number of imidazole rings is 1. The third-order valence-corrected chi connectivity index (χ3v) is 6.64. The molecule has 0 radical (unpaired) electrons. The van der Waals surface area contributed by atoms with Gasteiger partial charge in [0, 0.05) is 18.7 Å². The van der Waals surface area contributed by atoms with E-state index in [-0.39, 0.29) is 0 Å². The highest BCUT2D eigenvalue weighted by Gasteiger charge is 2.20. The lowest BCUT2D eigenvalue weighted by molar-refractivity contribution is -0.124. The molecule has 7 heteroatoms. The van der Waals surface area contributed by atoms with Crippen LogP contribution in [-0.4, -0.2) is 25.6 Å². The van der Waals surface area contributed by atoms with Gasteiger partial charge in [0.2, 0.25) is 0 Å².